The summed E-state index contributed by atoms with van der Waals surface area (Å²) in [7, 11) is 0. The second kappa shape index (κ2) is 9.47. The lowest BCUT2D eigenvalue weighted by molar-refractivity contribution is -0.124. The van der Waals surface area contributed by atoms with Gasteiger partial charge in [0.2, 0.25) is 0 Å². The second-order valence-electron chi connectivity index (χ2n) is 8.58. The van der Waals surface area contributed by atoms with Crippen molar-refractivity contribution in [2.24, 2.45) is 0 Å². The zero-order chi connectivity index (χ0) is 23.5. The molecule has 0 saturated heterocycles. The zero-order valence-corrected chi connectivity index (χ0v) is 19.0. The summed E-state index contributed by atoms with van der Waals surface area (Å²) in [4.78, 5) is 30.4. The third kappa shape index (κ3) is 4.41. The molecule has 1 aliphatic carbocycles. The summed E-state index contributed by atoms with van der Waals surface area (Å²) in [5.74, 6) is -0.840. The van der Waals surface area contributed by atoms with Gasteiger partial charge in [0.05, 0.1) is 28.0 Å². The van der Waals surface area contributed by atoms with Gasteiger partial charge in [-0.15, -0.1) is 0 Å². The fourth-order valence-corrected chi connectivity index (χ4v) is 4.50. The van der Waals surface area contributed by atoms with Crippen LogP contribution >= 0.6 is 0 Å². The van der Waals surface area contributed by atoms with Crippen LogP contribution in [0.1, 0.15) is 41.7 Å². The molecule has 1 fully saturated rings. The van der Waals surface area contributed by atoms with Crippen molar-refractivity contribution in [3.63, 3.8) is 0 Å². The first-order chi connectivity index (χ1) is 16.6. The van der Waals surface area contributed by atoms with E-state index >= 15 is 0 Å². The zero-order valence-electron chi connectivity index (χ0n) is 19.0. The molecule has 2 aromatic heterocycles. The van der Waals surface area contributed by atoms with Crippen LogP contribution in [-0.2, 0) is 9.53 Å². The molecule has 1 N–H and O–H groups in total. The summed E-state index contributed by atoms with van der Waals surface area (Å²) in [6.07, 6.45) is 4.19. The Bertz CT molecular complexity index is 1330. The summed E-state index contributed by atoms with van der Waals surface area (Å²) in [6, 6.07) is 21.2. The molecule has 0 bridgehead atoms. The van der Waals surface area contributed by atoms with E-state index < -0.39 is 5.97 Å². The molecule has 2 heterocycles. The van der Waals surface area contributed by atoms with E-state index in [9.17, 15) is 9.59 Å². The number of carbonyl (C=O) groups is 2. The normalized spacial score (nSPS) is 13.8. The van der Waals surface area contributed by atoms with Gasteiger partial charge in [0.1, 0.15) is 0 Å². The van der Waals surface area contributed by atoms with Gasteiger partial charge < -0.3 is 10.1 Å². The number of rotatable bonds is 6. The Morgan fingerprint density at radius 1 is 1.03 bits per heavy atom. The number of aryl methyl sites for hydroxylation is 1. The minimum atomic E-state index is -0.568. The summed E-state index contributed by atoms with van der Waals surface area (Å²) in [5, 5.41) is 8.24. The first-order valence-electron chi connectivity index (χ1n) is 11.6. The van der Waals surface area contributed by atoms with Crippen LogP contribution < -0.4 is 5.32 Å². The number of fused-ring (bicyclic) bond motifs is 1. The van der Waals surface area contributed by atoms with Gasteiger partial charge in [-0.25, -0.2) is 14.5 Å². The van der Waals surface area contributed by atoms with Crippen LogP contribution in [0.2, 0.25) is 0 Å². The molecule has 1 aliphatic rings. The highest BCUT2D eigenvalue weighted by Gasteiger charge is 2.23. The topological polar surface area (TPSA) is 86.1 Å². The van der Waals surface area contributed by atoms with Gasteiger partial charge in [-0.1, -0.05) is 61.4 Å². The summed E-state index contributed by atoms with van der Waals surface area (Å²) in [6.45, 7) is 1.53. The van der Waals surface area contributed by atoms with Gasteiger partial charge >= 0.3 is 5.97 Å². The Balaban J connectivity index is 1.52. The van der Waals surface area contributed by atoms with Crippen molar-refractivity contribution >= 4 is 22.9 Å². The lowest BCUT2D eigenvalue weighted by atomic mass is 10.1. The summed E-state index contributed by atoms with van der Waals surface area (Å²) in [5.41, 5.74) is 3.91. The van der Waals surface area contributed by atoms with Crippen LogP contribution in [0.5, 0.6) is 0 Å². The quantitative estimate of drug-likeness (QED) is 0.430. The summed E-state index contributed by atoms with van der Waals surface area (Å²) < 4.78 is 7.19. The predicted octanol–water partition coefficient (Wildman–Crippen LogP) is 4.61. The molecular formula is C27H26N4O3. The first kappa shape index (κ1) is 21.8. The molecule has 4 aromatic rings. The van der Waals surface area contributed by atoms with Gasteiger partial charge in [0.15, 0.2) is 12.3 Å². The molecule has 0 radical (unpaired) electrons. The number of carbonyl (C=O) groups excluding carboxylic acids is 2. The minimum absolute atomic E-state index is 0.176. The molecule has 1 amide bonds. The number of aromatic nitrogens is 3. The van der Waals surface area contributed by atoms with E-state index in [0.29, 0.717) is 28.0 Å². The van der Waals surface area contributed by atoms with Crippen molar-refractivity contribution in [3.8, 4) is 16.9 Å². The van der Waals surface area contributed by atoms with E-state index in [1.807, 2.05) is 67.6 Å². The number of hydrogen-bond donors (Lipinski definition) is 1. The van der Waals surface area contributed by atoms with Crippen LogP contribution in [0.4, 0.5) is 0 Å². The lowest BCUT2D eigenvalue weighted by Crippen LogP contribution is -2.35. The largest absolute Gasteiger partial charge is 0.452 e. The smallest absolute Gasteiger partial charge is 0.339 e. The monoisotopic (exact) mass is 454 g/mol. The fourth-order valence-electron chi connectivity index (χ4n) is 4.50. The Labute approximate surface area is 197 Å². The highest BCUT2D eigenvalue weighted by Crippen LogP contribution is 2.29. The Hall–Kier alpha value is -4.00. The third-order valence-electron chi connectivity index (χ3n) is 6.16. The van der Waals surface area contributed by atoms with Crippen LogP contribution in [0.15, 0.2) is 66.7 Å². The molecule has 5 rings (SSSR count). The SMILES string of the molecule is Cc1nn(-c2ccccc2)c2nc(-c3ccccc3)cc(C(=O)OCC(=O)NC3CCCC3)c12. The van der Waals surface area contributed by atoms with Crippen molar-refractivity contribution in [2.45, 2.75) is 38.6 Å². The Morgan fingerprint density at radius 2 is 1.71 bits per heavy atom. The third-order valence-corrected chi connectivity index (χ3v) is 6.16. The molecule has 1 saturated carbocycles. The average molecular weight is 455 g/mol. The minimum Gasteiger partial charge on any atom is -0.452 e. The predicted molar refractivity (Wildman–Crippen MR) is 130 cm³/mol. The molecule has 0 atom stereocenters. The number of nitrogens with one attached hydrogen (secondary N) is 1. The van der Waals surface area contributed by atoms with Crippen LogP contribution in [0.25, 0.3) is 28.0 Å². The molecular weight excluding hydrogens is 428 g/mol. The maximum Gasteiger partial charge on any atom is 0.339 e. The number of esters is 1. The Kier molecular flexibility index (Phi) is 6.08. The van der Waals surface area contributed by atoms with E-state index in [1.54, 1.807) is 10.7 Å². The van der Waals surface area contributed by atoms with Crippen molar-refractivity contribution in [2.75, 3.05) is 6.61 Å². The van der Waals surface area contributed by atoms with Gasteiger partial charge in [-0.2, -0.15) is 5.10 Å². The molecule has 0 spiro atoms. The van der Waals surface area contributed by atoms with E-state index in [2.05, 4.69) is 10.4 Å². The maximum atomic E-state index is 13.2. The number of hydrogen-bond acceptors (Lipinski definition) is 5. The maximum absolute atomic E-state index is 13.2. The van der Waals surface area contributed by atoms with E-state index in [1.165, 1.54) is 0 Å². The van der Waals surface area contributed by atoms with Crippen molar-refractivity contribution < 1.29 is 14.3 Å². The van der Waals surface area contributed by atoms with Crippen molar-refractivity contribution in [1.29, 1.82) is 0 Å². The average Bonchev–Trinajstić information content (AvgIpc) is 3.50. The summed E-state index contributed by atoms with van der Waals surface area (Å²) >= 11 is 0. The molecule has 7 heteroatoms. The lowest BCUT2D eigenvalue weighted by Gasteiger charge is -2.13. The number of ether oxygens (including phenoxy) is 1. The highest BCUT2D eigenvalue weighted by atomic mass is 16.5. The van der Waals surface area contributed by atoms with E-state index in [4.69, 9.17) is 9.72 Å². The molecule has 0 unspecified atom stereocenters. The molecule has 34 heavy (non-hydrogen) atoms. The van der Waals surface area contributed by atoms with Gasteiger partial charge in [0.25, 0.3) is 5.91 Å². The second-order valence-corrected chi connectivity index (χ2v) is 8.58. The van der Waals surface area contributed by atoms with Gasteiger partial charge in [0, 0.05) is 11.6 Å². The molecule has 172 valence electrons. The first-order valence-corrected chi connectivity index (χ1v) is 11.6. The number of pyridine rings is 1. The van der Waals surface area contributed by atoms with Crippen LogP contribution in [0.3, 0.4) is 0 Å². The molecule has 0 aliphatic heterocycles. The Morgan fingerprint density at radius 3 is 2.41 bits per heavy atom. The number of nitrogens with zero attached hydrogens (tertiary/aromatic N) is 3. The highest BCUT2D eigenvalue weighted by molar-refractivity contribution is 6.05. The number of benzene rings is 2. The standard InChI is InChI=1S/C27H26N4O3/c1-18-25-22(27(33)34-17-24(32)28-20-12-8-9-13-20)16-23(19-10-4-2-5-11-19)29-26(25)31(30-18)21-14-6-3-7-15-21/h2-7,10-11,14-16,20H,8-9,12-13,17H2,1H3,(H,28,32). The number of amides is 1. The van der Waals surface area contributed by atoms with Crippen LogP contribution in [0, 0.1) is 6.92 Å². The van der Waals surface area contributed by atoms with Crippen molar-refractivity contribution in [1.82, 2.24) is 20.1 Å². The molecule has 7 nitrogen and oxygen atoms in total. The molecule has 2 aromatic carbocycles. The fraction of sp³-hybridized carbons (Fsp3) is 0.259. The van der Waals surface area contributed by atoms with Crippen LogP contribution in [-0.4, -0.2) is 39.3 Å². The van der Waals surface area contributed by atoms with Gasteiger partial charge in [-0.3, -0.25) is 4.79 Å². The van der Waals surface area contributed by atoms with Gasteiger partial charge in [-0.05, 0) is 38.0 Å². The number of para-hydroxylation sites is 1. The van der Waals surface area contributed by atoms with E-state index in [0.717, 1.165) is 36.9 Å². The van der Waals surface area contributed by atoms with E-state index in [-0.39, 0.29) is 18.6 Å². The van der Waals surface area contributed by atoms with Crippen molar-refractivity contribution in [3.05, 3.63) is 78.0 Å².